The molecule has 1 aliphatic heterocycles. The van der Waals surface area contributed by atoms with Crippen LogP contribution in [0.15, 0.2) is 11.6 Å². The van der Waals surface area contributed by atoms with Crippen molar-refractivity contribution in [2.75, 3.05) is 13.1 Å². The Morgan fingerprint density at radius 2 is 2.33 bits per heavy atom. The molecule has 18 heavy (non-hydrogen) atoms. The van der Waals surface area contributed by atoms with E-state index in [1.165, 1.54) is 12.8 Å². The van der Waals surface area contributed by atoms with Crippen molar-refractivity contribution in [2.24, 2.45) is 5.41 Å². The maximum Gasteiger partial charge on any atom is 0.112 e. The molecule has 1 aromatic rings. The number of thiazole rings is 1. The van der Waals surface area contributed by atoms with E-state index >= 15 is 0 Å². The molecule has 1 aliphatic rings. The number of hydrogen-bond acceptors (Lipinski definition) is 4. The van der Waals surface area contributed by atoms with E-state index in [9.17, 15) is 0 Å². The molecule has 0 aromatic carbocycles. The second kappa shape index (κ2) is 5.27. The quantitative estimate of drug-likeness (QED) is 0.881. The van der Waals surface area contributed by atoms with Gasteiger partial charge in [0.25, 0.3) is 0 Å². The van der Waals surface area contributed by atoms with E-state index in [0.717, 1.165) is 18.1 Å². The molecule has 0 radical (unpaired) electrons. The van der Waals surface area contributed by atoms with Crippen molar-refractivity contribution < 1.29 is 0 Å². The zero-order valence-electron chi connectivity index (χ0n) is 11.9. The third kappa shape index (κ3) is 3.11. The molecule has 1 saturated heterocycles. The van der Waals surface area contributed by atoms with Crippen LogP contribution in [0, 0.1) is 5.41 Å². The summed E-state index contributed by atoms with van der Waals surface area (Å²) in [5.74, 6) is 0. The monoisotopic (exact) mass is 267 g/mol. The summed E-state index contributed by atoms with van der Waals surface area (Å²) in [6.45, 7) is 11.3. The Morgan fingerprint density at radius 1 is 1.56 bits per heavy atom. The average molecular weight is 267 g/mol. The molecule has 0 aliphatic carbocycles. The van der Waals surface area contributed by atoms with Gasteiger partial charge in [0.2, 0.25) is 0 Å². The molecule has 2 rings (SSSR count). The zero-order chi connectivity index (χ0) is 13.2. The van der Waals surface area contributed by atoms with Gasteiger partial charge >= 0.3 is 0 Å². The van der Waals surface area contributed by atoms with Crippen LogP contribution in [0.4, 0.5) is 0 Å². The van der Waals surface area contributed by atoms with Crippen LogP contribution in [0.1, 0.15) is 45.5 Å². The van der Waals surface area contributed by atoms with Crippen molar-refractivity contribution >= 4 is 11.3 Å². The predicted molar refractivity (Wildman–Crippen MR) is 77.9 cm³/mol. The van der Waals surface area contributed by atoms with Gasteiger partial charge in [0, 0.05) is 24.2 Å². The van der Waals surface area contributed by atoms with Gasteiger partial charge in [0.05, 0.1) is 5.54 Å². The van der Waals surface area contributed by atoms with Gasteiger partial charge < -0.3 is 10.6 Å². The van der Waals surface area contributed by atoms with Crippen molar-refractivity contribution in [3.05, 3.63) is 16.6 Å². The fourth-order valence-electron chi connectivity index (χ4n) is 2.58. The first kappa shape index (κ1) is 14.0. The first-order valence-electron chi connectivity index (χ1n) is 6.80. The second-order valence-electron chi connectivity index (χ2n) is 6.44. The van der Waals surface area contributed by atoms with E-state index in [-0.39, 0.29) is 5.54 Å². The van der Waals surface area contributed by atoms with Crippen LogP contribution in [-0.4, -0.2) is 24.1 Å². The summed E-state index contributed by atoms with van der Waals surface area (Å²) in [5, 5.41) is 10.5. The molecule has 1 atom stereocenters. The number of nitrogens with one attached hydrogen (secondary N) is 2. The Bertz CT molecular complexity index is 370. The van der Waals surface area contributed by atoms with E-state index < -0.39 is 0 Å². The van der Waals surface area contributed by atoms with Crippen LogP contribution >= 0.6 is 11.3 Å². The van der Waals surface area contributed by atoms with E-state index in [4.69, 9.17) is 0 Å². The minimum Gasteiger partial charge on any atom is -0.312 e. The second-order valence-corrected chi connectivity index (χ2v) is 7.34. The summed E-state index contributed by atoms with van der Waals surface area (Å²) >= 11 is 1.72. The number of rotatable bonds is 4. The fourth-order valence-corrected chi connectivity index (χ4v) is 3.32. The molecule has 0 amide bonds. The summed E-state index contributed by atoms with van der Waals surface area (Å²) in [6.07, 6.45) is 4.48. The smallest absolute Gasteiger partial charge is 0.112 e. The summed E-state index contributed by atoms with van der Waals surface area (Å²) in [7, 11) is 0. The Balaban J connectivity index is 1.94. The molecule has 2 N–H and O–H groups in total. The number of piperidine rings is 1. The molecular formula is C14H25N3S. The van der Waals surface area contributed by atoms with Gasteiger partial charge in [-0.1, -0.05) is 13.8 Å². The highest BCUT2D eigenvalue weighted by atomic mass is 32.1. The maximum atomic E-state index is 4.42. The van der Waals surface area contributed by atoms with Crippen LogP contribution < -0.4 is 10.6 Å². The molecule has 2 heterocycles. The molecule has 102 valence electrons. The van der Waals surface area contributed by atoms with E-state index in [2.05, 4.69) is 43.3 Å². The van der Waals surface area contributed by atoms with E-state index in [1.54, 1.807) is 11.3 Å². The predicted octanol–water partition coefficient (Wildman–Crippen LogP) is 2.75. The highest BCUT2D eigenvalue weighted by Crippen LogP contribution is 2.30. The highest BCUT2D eigenvalue weighted by molar-refractivity contribution is 7.09. The zero-order valence-corrected chi connectivity index (χ0v) is 12.7. The lowest BCUT2D eigenvalue weighted by atomic mass is 9.77. The van der Waals surface area contributed by atoms with Crippen LogP contribution in [-0.2, 0) is 5.54 Å². The Labute approximate surface area is 114 Å². The fraction of sp³-hybridized carbons (Fsp3) is 0.786. The van der Waals surface area contributed by atoms with E-state index in [1.807, 2.05) is 11.6 Å². The Morgan fingerprint density at radius 3 is 2.94 bits per heavy atom. The largest absolute Gasteiger partial charge is 0.312 e. The molecule has 1 fully saturated rings. The number of hydrogen-bond donors (Lipinski definition) is 2. The molecule has 4 heteroatoms. The molecule has 1 aromatic heterocycles. The first-order chi connectivity index (χ1) is 8.42. The Kier molecular flexibility index (Phi) is 4.09. The molecular weight excluding hydrogens is 242 g/mol. The van der Waals surface area contributed by atoms with Crippen molar-refractivity contribution in [1.82, 2.24) is 15.6 Å². The molecule has 1 unspecified atom stereocenters. The molecule has 0 bridgehead atoms. The minimum atomic E-state index is -0.0383. The van der Waals surface area contributed by atoms with Gasteiger partial charge in [-0.15, -0.1) is 11.3 Å². The summed E-state index contributed by atoms with van der Waals surface area (Å²) < 4.78 is 0. The summed E-state index contributed by atoms with van der Waals surface area (Å²) in [4.78, 5) is 4.42. The first-order valence-corrected chi connectivity index (χ1v) is 7.68. The molecule has 3 nitrogen and oxygen atoms in total. The molecule has 0 spiro atoms. The number of aromatic nitrogens is 1. The third-order valence-corrected chi connectivity index (χ3v) is 5.14. The normalized spacial score (nSPS) is 24.1. The van der Waals surface area contributed by atoms with Crippen molar-refractivity contribution in [3.63, 3.8) is 0 Å². The van der Waals surface area contributed by atoms with Crippen molar-refractivity contribution in [2.45, 2.75) is 52.1 Å². The number of nitrogens with zero attached hydrogens (tertiary/aromatic N) is 1. The SMILES string of the molecule is CC(C)(NCC1NCCCC1(C)C)c1nccs1. The van der Waals surface area contributed by atoms with Crippen LogP contribution in [0.5, 0.6) is 0 Å². The van der Waals surface area contributed by atoms with Gasteiger partial charge in [0.15, 0.2) is 0 Å². The summed E-state index contributed by atoms with van der Waals surface area (Å²) in [5.41, 5.74) is 0.341. The average Bonchev–Trinajstić information content (AvgIpc) is 2.81. The van der Waals surface area contributed by atoms with Gasteiger partial charge in [-0.05, 0) is 38.6 Å². The van der Waals surface area contributed by atoms with Crippen molar-refractivity contribution in [3.8, 4) is 0 Å². The van der Waals surface area contributed by atoms with Crippen LogP contribution in [0.2, 0.25) is 0 Å². The van der Waals surface area contributed by atoms with Gasteiger partial charge in [-0.25, -0.2) is 4.98 Å². The lowest BCUT2D eigenvalue weighted by Crippen LogP contribution is -2.54. The van der Waals surface area contributed by atoms with Crippen molar-refractivity contribution in [1.29, 1.82) is 0 Å². The van der Waals surface area contributed by atoms with Gasteiger partial charge in [-0.3, -0.25) is 0 Å². The Hall–Kier alpha value is -0.450. The van der Waals surface area contributed by atoms with Crippen LogP contribution in [0.25, 0.3) is 0 Å². The summed E-state index contributed by atoms with van der Waals surface area (Å²) in [6, 6.07) is 0.547. The van der Waals surface area contributed by atoms with E-state index in [0.29, 0.717) is 11.5 Å². The lowest BCUT2D eigenvalue weighted by Gasteiger charge is -2.41. The maximum absolute atomic E-state index is 4.42. The lowest BCUT2D eigenvalue weighted by molar-refractivity contribution is 0.166. The van der Waals surface area contributed by atoms with Crippen LogP contribution in [0.3, 0.4) is 0 Å². The molecule has 0 saturated carbocycles. The standard InChI is InChI=1S/C14H25N3S/c1-13(2)6-5-7-15-11(13)10-17-14(3,4)12-16-8-9-18-12/h8-9,11,15,17H,5-7,10H2,1-4H3. The van der Waals surface area contributed by atoms with Gasteiger partial charge in [0.1, 0.15) is 5.01 Å². The topological polar surface area (TPSA) is 37.0 Å². The third-order valence-electron chi connectivity index (χ3n) is 4.05. The highest BCUT2D eigenvalue weighted by Gasteiger charge is 2.33. The van der Waals surface area contributed by atoms with Gasteiger partial charge in [-0.2, -0.15) is 0 Å². The minimum absolute atomic E-state index is 0.0383.